The number of carbonyl (C=O) groups is 1. The van der Waals surface area contributed by atoms with Gasteiger partial charge in [-0.05, 0) is 71.9 Å². The summed E-state index contributed by atoms with van der Waals surface area (Å²) in [5.74, 6) is 0.729. The monoisotopic (exact) mass is 371 g/mol. The van der Waals surface area contributed by atoms with Crippen molar-refractivity contribution in [3.05, 3.63) is 34.9 Å². The van der Waals surface area contributed by atoms with Gasteiger partial charge in [-0.15, -0.1) is 0 Å². The molecule has 1 aliphatic carbocycles. The molecule has 1 aliphatic heterocycles. The molecule has 1 heterocycles. The van der Waals surface area contributed by atoms with E-state index in [0.717, 1.165) is 5.92 Å². The zero-order chi connectivity index (χ0) is 13.6. The number of hydrogen-bond acceptors (Lipinski definition) is 2. The molecular formula is C15H18INO2. The first-order valence-electron chi connectivity index (χ1n) is 6.71. The number of alkyl halides is 1. The molecule has 3 nitrogen and oxygen atoms in total. The van der Waals surface area contributed by atoms with Crippen molar-refractivity contribution >= 4 is 28.7 Å². The zero-order valence-corrected chi connectivity index (χ0v) is 13.4. The first kappa shape index (κ1) is 13.2. The van der Waals surface area contributed by atoms with Crippen LogP contribution < -0.4 is 0 Å². The highest BCUT2D eigenvalue weighted by Crippen LogP contribution is 2.44. The van der Waals surface area contributed by atoms with Crippen molar-refractivity contribution in [2.75, 3.05) is 0 Å². The SMILES string of the molecule is CC(C)(I)OC(=O)N1Cc2cccc(C3CC3)c2C1. The Balaban J connectivity index is 1.77. The van der Waals surface area contributed by atoms with Crippen molar-refractivity contribution in [1.29, 1.82) is 0 Å². The van der Waals surface area contributed by atoms with Crippen LogP contribution in [0.4, 0.5) is 4.79 Å². The first-order chi connectivity index (χ1) is 8.94. The molecule has 0 bridgehead atoms. The van der Waals surface area contributed by atoms with E-state index >= 15 is 0 Å². The molecule has 0 unspecified atom stereocenters. The van der Waals surface area contributed by atoms with Gasteiger partial charge in [0.1, 0.15) is 0 Å². The van der Waals surface area contributed by atoms with Crippen LogP contribution in [0.5, 0.6) is 0 Å². The summed E-state index contributed by atoms with van der Waals surface area (Å²) in [6.07, 6.45) is 2.38. The third-order valence-electron chi connectivity index (χ3n) is 3.62. The smallest absolute Gasteiger partial charge is 0.411 e. The highest BCUT2D eigenvalue weighted by atomic mass is 127. The quantitative estimate of drug-likeness (QED) is 0.577. The molecule has 1 amide bonds. The van der Waals surface area contributed by atoms with Crippen molar-refractivity contribution < 1.29 is 9.53 Å². The van der Waals surface area contributed by atoms with Crippen LogP contribution in [0, 0.1) is 0 Å². The van der Waals surface area contributed by atoms with Crippen molar-refractivity contribution in [3.8, 4) is 0 Å². The van der Waals surface area contributed by atoms with Crippen LogP contribution in [0.3, 0.4) is 0 Å². The van der Waals surface area contributed by atoms with Gasteiger partial charge in [-0.3, -0.25) is 4.90 Å². The van der Waals surface area contributed by atoms with E-state index in [2.05, 4.69) is 40.8 Å². The Bertz CT molecular complexity index is 517. The van der Waals surface area contributed by atoms with Crippen molar-refractivity contribution in [3.63, 3.8) is 0 Å². The normalized spacial score (nSPS) is 18.4. The topological polar surface area (TPSA) is 29.5 Å². The first-order valence-corrected chi connectivity index (χ1v) is 7.79. The number of amides is 1. The average molecular weight is 371 g/mol. The predicted octanol–water partition coefficient (Wildman–Crippen LogP) is 4.19. The van der Waals surface area contributed by atoms with Crippen molar-refractivity contribution in [2.24, 2.45) is 0 Å². The molecule has 1 aromatic rings. The van der Waals surface area contributed by atoms with Crippen LogP contribution in [0.1, 0.15) is 49.3 Å². The summed E-state index contributed by atoms with van der Waals surface area (Å²) < 4.78 is 4.99. The standard InChI is InChI=1S/C15H18INO2/c1-15(2,16)19-14(18)17-8-11-4-3-5-12(10-6-7-10)13(11)9-17/h3-5,10H,6-9H2,1-2H3. The van der Waals surface area contributed by atoms with Gasteiger partial charge in [-0.25, -0.2) is 4.79 Å². The molecule has 2 aliphatic rings. The highest BCUT2D eigenvalue weighted by Gasteiger charge is 2.33. The van der Waals surface area contributed by atoms with Gasteiger partial charge < -0.3 is 4.74 Å². The summed E-state index contributed by atoms with van der Waals surface area (Å²) in [5.41, 5.74) is 4.09. The van der Waals surface area contributed by atoms with Crippen LogP contribution >= 0.6 is 22.6 Å². The summed E-state index contributed by atoms with van der Waals surface area (Å²) in [4.78, 5) is 13.9. The van der Waals surface area contributed by atoms with E-state index in [4.69, 9.17) is 4.74 Å². The number of carbonyl (C=O) groups excluding carboxylic acids is 1. The molecule has 0 N–H and O–H groups in total. The fourth-order valence-electron chi connectivity index (χ4n) is 2.63. The minimum absolute atomic E-state index is 0.211. The Morgan fingerprint density at radius 2 is 2.11 bits per heavy atom. The number of rotatable bonds is 2. The molecule has 1 fully saturated rings. The lowest BCUT2D eigenvalue weighted by Crippen LogP contribution is -2.31. The van der Waals surface area contributed by atoms with E-state index < -0.39 is 3.61 Å². The lowest BCUT2D eigenvalue weighted by molar-refractivity contribution is 0.0689. The maximum absolute atomic E-state index is 12.1. The van der Waals surface area contributed by atoms with E-state index in [0.29, 0.717) is 13.1 Å². The van der Waals surface area contributed by atoms with Gasteiger partial charge in [0.2, 0.25) is 0 Å². The molecule has 0 saturated heterocycles. The second-order valence-corrected chi connectivity index (χ2v) is 8.44. The fourth-order valence-corrected chi connectivity index (χ4v) is 2.81. The molecule has 102 valence electrons. The summed E-state index contributed by atoms with van der Waals surface area (Å²) in [6.45, 7) is 5.17. The van der Waals surface area contributed by atoms with Crippen LogP contribution in [0.25, 0.3) is 0 Å². The van der Waals surface area contributed by atoms with Crippen molar-refractivity contribution in [2.45, 2.75) is 49.3 Å². The molecule has 19 heavy (non-hydrogen) atoms. The lowest BCUT2D eigenvalue weighted by atomic mass is 10.0. The molecular weight excluding hydrogens is 353 g/mol. The van der Waals surface area contributed by atoms with Crippen LogP contribution in [-0.4, -0.2) is 14.6 Å². The van der Waals surface area contributed by atoms with Gasteiger partial charge in [0.05, 0.1) is 0 Å². The number of hydrogen-bond donors (Lipinski definition) is 0. The summed E-state index contributed by atoms with van der Waals surface area (Å²) in [5, 5.41) is 0. The molecule has 0 radical (unpaired) electrons. The van der Waals surface area contributed by atoms with Gasteiger partial charge >= 0.3 is 6.09 Å². The van der Waals surface area contributed by atoms with E-state index in [1.807, 2.05) is 13.8 Å². The molecule has 0 spiro atoms. The van der Waals surface area contributed by atoms with Crippen LogP contribution in [0.15, 0.2) is 18.2 Å². The van der Waals surface area contributed by atoms with E-state index in [9.17, 15) is 4.79 Å². The molecule has 0 aromatic heterocycles. The van der Waals surface area contributed by atoms with Crippen molar-refractivity contribution in [1.82, 2.24) is 4.90 Å². The summed E-state index contributed by atoms with van der Waals surface area (Å²) >= 11 is 2.14. The number of halogens is 1. The highest BCUT2D eigenvalue weighted by molar-refractivity contribution is 14.1. The summed E-state index contributed by atoms with van der Waals surface area (Å²) in [6, 6.07) is 6.46. The molecule has 1 aromatic carbocycles. The van der Waals surface area contributed by atoms with Gasteiger partial charge in [0.15, 0.2) is 3.61 Å². The van der Waals surface area contributed by atoms with Gasteiger partial charge in [-0.1, -0.05) is 18.2 Å². The Hall–Kier alpha value is -0.780. The molecule has 0 atom stereocenters. The molecule has 4 heteroatoms. The van der Waals surface area contributed by atoms with Gasteiger partial charge in [0, 0.05) is 13.1 Å². The Morgan fingerprint density at radius 1 is 1.37 bits per heavy atom. The van der Waals surface area contributed by atoms with Gasteiger partial charge in [0.25, 0.3) is 0 Å². The second kappa shape index (κ2) is 4.65. The molecule has 1 saturated carbocycles. The zero-order valence-electron chi connectivity index (χ0n) is 11.3. The van der Waals surface area contributed by atoms with Crippen LogP contribution in [-0.2, 0) is 17.8 Å². The minimum atomic E-state index is -0.455. The maximum Gasteiger partial charge on any atom is 0.411 e. The predicted molar refractivity (Wildman–Crippen MR) is 82.2 cm³/mol. The van der Waals surface area contributed by atoms with Crippen LogP contribution in [0.2, 0.25) is 0 Å². The Kier molecular flexibility index (Phi) is 3.23. The Morgan fingerprint density at radius 3 is 2.74 bits per heavy atom. The van der Waals surface area contributed by atoms with E-state index in [1.165, 1.54) is 29.5 Å². The number of nitrogens with zero attached hydrogens (tertiary/aromatic N) is 1. The minimum Gasteiger partial charge on any atom is -0.433 e. The summed E-state index contributed by atoms with van der Waals surface area (Å²) in [7, 11) is 0. The third-order valence-corrected chi connectivity index (χ3v) is 3.85. The number of fused-ring (bicyclic) bond motifs is 1. The van der Waals surface area contributed by atoms with E-state index in [-0.39, 0.29) is 6.09 Å². The third kappa shape index (κ3) is 2.88. The second-order valence-electron chi connectivity index (χ2n) is 5.85. The average Bonchev–Trinajstić information content (AvgIpc) is 3.04. The number of ether oxygens (including phenoxy) is 1. The van der Waals surface area contributed by atoms with Gasteiger partial charge in [-0.2, -0.15) is 0 Å². The molecule has 3 rings (SSSR count). The maximum atomic E-state index is 12.1. The fraction of sp³-hybridized carbons (Fsp3) is 0.533. The Labute approximate surface area is 127 Å². The lowest BCUT2D eigenvalue weighted by Gasteiger charge is -2.22. The number of benzene rings is 1. The largest absolute Gasteiger partial charge is 0.433 e. The van der Waals surface area contributed by atoms with E-state index in [1.54, 1.807) is 4.90 Å².